The molecule has 0 fully saturated rings. The van der Waals surface area contributed by atoms with Gasteiger partial charge in [-0.15, -0.1) is 0 Å². The van der Waals surface area contributed by atoms with Crippen molar-refractivity contribution in [2.45, 2.75) is 19.1 Å². The van der Waals surface area contributed by atoms with E-state index in [1.54, 1.807) is 14.1 Å². The third-order valence-corrected chi connectivity index (χ3v) is 2.51. The van der Waals surface area contributed by atoms with Gasteiger partial charge in [0.15, 0.2) is 0 Å². The number of halogens is 3. The van der Waals surface area contributed by atoms with E-state index in [9.17, 15) is 13.2 Å². The van der Waals surface area contributed by atoms with Gasteiger partial charge >= 0.3 is 6.18 Å². The van der Waals surface area contributed by atoms with Crippen LogP contribution in [0, 0.1) is 0 Å². The highest BCUT2D eigenvalue weighted by molar-refractivity contribution is 5.23. The first-order valence-electron chi connectivity index (χ1n) is 4.97. The lowest BCUT2D eigenvalue weighted by molar-refractivity contribution is -0.147. The number of aromatic nitrogens is 2. The molecule has 0 bridgehead atoms. The standard InChI is InChI=1S/C9H13F3N4/c1-15(2)16-7-3-4-13-5-6(7)14-8(16)9(10,11)12/h13H,3-5H2,1-2H3. The SMILES string of the molecule is CN(C)n1c(C(F)(F)F)nc2c1CCNC2. The minimum absolute atomic E-state index is 0.402. The summed E-state index contributed by atoms with van der Waals surface area (Å²) >= 11 is 0. The highest BCUT2D eigenvalue weighted by Gasteiger charge is 2.40. The number of hydrogen-bond acceptors (Lipinski definition) is 3. The van der Waals surface area contributed by atoms with Crippen LogP contribution in [0.5, 0.6) is 0 Å². The monoisotopic (exact) mass is 234 g/mol. The number of alkyl halides is 3. The zero-order valence-electron chi connectivity index (χ0n) is 9.10. The van der Waals surface area contributed by atoms with Crippen molar-refractivity contribution in [3.63, 3.8) is 0 Å². The smallest absolute Gasteiger partial charge is 0.317 e. The number of imidazole rings is 1. The molecular weight excluding hydrogens is 221 g/mol. The minimum Gasteiger partial charge on any atom is -0.317 e. The van der Waals surface area contributed by atoms with Crippen LogP contribution in [0.3, 0.4) is 0 Å². The zero-order valence-corrected chi connectivity index (χ0v) is 9.10. The highest BCUT2D eigenvalue weighted by Crippen LogP contribution is 2.31. The van der Waals surface area contributed by atoms with E-state index in [2.05, 4.69) is 10.3 Å². The summed E-state index contributed by atoms with van der Waals surface area (Å²) in [6.07, 6.45) is -3.85. The van der Waals surface area contributed by atoms with Crippen LogP contribution in [-0.2, 0) is 19.1 Å². The van der Waals surface area contributed by atoms with E-state index >= 15 is 0 Å². The maximum absolute atomic E-state index is 12.8. The average molecular weight is 234 g/mol. The number of rotatable bonds is 1. The Balaban J connectivity index is 2.56. The molecule has 0 aromatic carbocycles. The molecule has 16 heavy (non-hydrogen) atoms. The van der Waals surface area contributed by atoms with E-state index in [0.717, 1.165) is 4.68 Å². The van der Waals surface area contributed by atoms with E-state index in [4.69, 9.17) is 0 Å². The number of nitrogens with zero attached hydrogens (tertiary/aromatic N) is 3. The second-order valence-electron chi connectivity index (χ2n) is 3.91. The van der Waals surface area contributed by atoms with Gasteiger partial charge in [-0.05, 0) is 0 Å². The topological polar surface area (TPSA) is 33.1 Å². The van der Waals surface area contributed by atoms with Gasteiger partial charge in [-0.1, -0.05) is 0 Å². The Morgan fingerprint density at radius 3 is 2.62 bits per heavy atom. The first-order chi connectivity index (χ1) is 7.41. The molecule has 0 aliphatic carbocycles. The Labute approximate surface area is 91.0 Å². The summed E-state index contributed by atoms with van der Waals surface area (Å²) < 4.78 is 39.4. The van der Waals surface area contributed by atoms with Gasteiger partial charge in [0.1, 0.15) is 0 Å². The number of hydrogen-bond donors (Lipinski definition) is 1. The molecule has 0 atom stereocenters. The summed E-state index contributed by atoms with van der Waals surface area (Å²) in [6.45, 7) is 1.09. The van der Waals surface area contributed by atoms with Crippen LogP contribution in [0.15, 0.2) is 0 Å². The van der Waals surface area contributed by atoms with E-state index in [0.29, 0.717) is 30.9 Å². The zero-order chi connectivity index (χ0) is 11.9. The molecule has 0 unspecified atom stereocenters. The number of fused-ring (bicyclic) bond motifs is 1. The van der Waals surface area contributed by atoms with Crippen molar-refractivity contribution >= 4 is 0 Å². The first kappa shape index (κ1) is 11.3. The summed E-state index contributed by atoms with van der Waals surface area (Å²) in [5, 5.41) is 4.43. The van der Waals surface area contributed by atoms with Gasteiger partial charge in [-0.2, -0.15) is 13.2 Å². The Morgan fingerprint density at radius 1 is 1.38 bits per heavy atom. The van der Waals surface area contributed by atoms with Crippen LogP contribution >= 0.6 is 0 Å². The average Bonchev–Trinajstić information content (AvgIpc) is 2.55. The van der Waals surface area contributed by atoms with Gasteiger partial charge in [0.2, 0.25) is 5.82 Å². The van der Waals surface area contributed by atoms with Crippen molar-refractivity contribution in [1.29, 1.82) is 0 Å². The fraction of sp³-hybridized carbons (Fsp3) is 0.667. The van der Waals surface area contributed by atoms with Crippen molar-refractivity contribution in [2.24, 2.45) is 0 Å². The molecule has 0 amide bonds. The van der Waals surface area contributed by atoms with E-state index in [1.807, 2.05) is 0 Å². The lowest BCUT2D eigenvalue weighted by Gasteiger charge is -2.22. The highest BCUT2D eigenvalue weighted by atomic mass is 19.4. The third-order valence-electron chi connectivity index (χ3n) is 2.51. The summed E-state index contributed by atoms with van der Waals surface area (Å²) in [5.74, 6) is -0.841. The Hall–Kier alpha value is -1.24. The van der Waals surface area contributed by atoms with Crippen LogP contribution in [-0.4, -0.2) is 30.3 Å². The van der Waals surface area contributed by atoms with Crippen LogP contribution in [0.1, 0.15) is 17.2 Å². The van der Waals surface area contributed by atoms with E-state index < -0.39 is 12.0 Å². The normalized spacial score (nSPS) is 16.1. The Kier molecular flexibility index (Phi) is 2.57. The quantitative estimate of drug-likeness (QED) is 0.778. The Morgan fingerprint density at radius 2 is 2.06 bits per heavy atom. The van der Waals surface area contributed by atoms with Gasteiger partial charge in [0.05, 0.1) is 11.4 Å². The molecular formula is C9H13F3N4. The van der Waals surface area contributed by atoms with Gasteiger partial charge in [0.25, 0.3) is 0 Å². The van der Waals surface area contributed by atoms with Crippen molar-refractivity contribution in [1.82, 2.24) is 15.0 Å². The van der Waals surface area contributed by atoms with Gasteiger partial charge in [-0.3, -0.25) is 0 Å². The molecule has 2 heterocycles. The molecule has 0 saturated heterocycles. The predicted molar refractivity (Wildman–Crippen MR) is 52.7 cm³/mol. The lowest BCUT2D eigenvalue weighted by atomic mass is 10.2. The van der Waals surface area contributed by atoms with Crippen LogP contribution < -0.4 is 10.3 Å². The van der Waals surface area contributed by atoms with Crippen LogP contribution in [0.2, 0.25) is 0 Å². The molecule has 0 spiro atoms. The van der Waals surface area contributed by atoms with Crippen LogP contribution in [0.4, 0.5) is 13.2 Å². The minimum atomic E-state index is -4.42. The molecule has 2 rings (SSSR count). The van der Waals surface area contributed by atoms with Gasteiger partial charge in [-0.25, -0.2) is 9.66 Å². The Bertz CT molecular complexity index is 394. The second-order valence-corrected chi connectivity index (χ2v) is 3.91. The second kappa shape index (κ2) is 3.65. The number of nitrogens with one attached hydrogen (secondary N) is 1. The fourth-order valence-electron chi connectivity index (χ4n) is 1.91. The molecule has 1 N–H and O–H groups in total. The fourth-order valence-corrected chi connectivity index (χ4v) is 1.91. The van der Waals surface area contributed by atoms with Crippen molar-refractivity contribution in [3.8, 4) is 0 Å². The molecule has 90 valence electrons. The molecule has 7 heteroatoms. The first-order valence-corrected chi connectivity index (χ1v) is 4.97. The molecule has 1 aromatic rings. The van der Waals surface area contributed by atoms with Crippen molar-refractivity contribution < 1.29 is 13.2 Å². The maximum atomic E-state index is 12.8. The van der Waals surface area contributed by atoms with Crippen LogP contribution in [0.25, 0.3) is 0 Å². The van der Waals surface area contributed by atoms with E-state index in [-0.39, 0.29) is 0 Å². The van der Waals surface area contributed by atoms with Crippen molar-refractivity contribution in [2.75, 3.05) is 25.6 Å². The largest absolute Gasteiger partial charge is 0.451 e. The predicted octanol–water partition coefficient (Wildman–Crippen LogP) is 0.745. The molecule has 1 aromatic heterocycles. The summed E-state index contributed by atoms with van der Waals surface area (Å²) in [5.41, 5.74) is 1.14. The molecule has 1 aliphatic rings. The molecule has 0 saturated carbocycles. The van der Waals surface area contributed by atoms with Gasteiger partial charge in [0, 0.05) is 33.6 Å². The summed E-state index contributed by atoms with van der Waals surface area (Å²) in [4.78, 5) is 3.68. The third kappa shape index (κ3) is 1.75. The molecule has 0 radical (unpaired) electrons. The van der Waals surface area contributed by atoms with Crippen molar-refractivity contribution in [3.05, 3.63) is 17.2 Å². The molecule has 4 nitrogen and oxygen atoms in total. The maximum Gasteiger partial charge on any atom is 0.451 e. The molecule has 1 aliphatic heterocycles. The van der Waals surface area contributed by atoms with Gasteiger partial charge < -0.3 is 10.3 Å². The van der Waals surface area contributed by atoms with E-state index in [1.165, 1.54) is 5.01 Å². The summed E-state index contributed by atoms with van der Waals surface area (Å²) in [6, 6.07) is 0. The summed E-state index contributed by atoms with van der Waals surface area (Å²) in [7, 11) is 3.17. The lowest BCUT2D eigenvalue weighted by Crippen LogP contribution is -2.34.